The minimum Gasteiger partial charge on any atom is -0.463 e. The van der Waals surface area contributed by atoms with Crippen molar-refractivity contribution in [2.75, 3.05) is 13.7 Å². The number of carbonyl (C=O) groups excluding carboxylic acids is 1. The molecule has 0 unspecified atom stereocenters. The molecule has 0 radical (unpaired) electrons. The van der Waals surface area contributed by atoms with Crippen LogP contribution in [0.2, 0.25) is 5.02 Å². The van der Waals surface area contributed by atoms with E-state index in [1.54, 1.807) is 31.9 Å². The van der Waals surface area contributed by atoms with Gasteiger partial charge in [0.25, 0.3) is 5.69 Å². The molecule has 1 aromatic carbocycles. The number of ether oxygens (including phenoxy) is 1. The lowest BCUT2D eigenvalue weighted by Gasteiger charge is -2.35. The van der Waals surface area contributed by atoms with E-state index in [0.29, 0.717) is 21.9 Å². The monoisotopic (exact) mass is 369 g/mol. The minimum atomic E-state index is -0.649. The summed E-state index contributed by atoms with van der Waals surface area (Å²) < 4.78 is 5.12. The molecule has 9 heteroatoms. The lowest BCUT2D eigenvalue weighted by molar-refractivity contribution is -0.384. The molecule has 1 aromatic rings. The summed E-state index contributed by atoms with van der Waals surface area (Å²) >= 11 is 11.1. The molecular weight excluding hydrogens is 354 g/mol. The van der Waals surface area contributed by atoms with Gasteiger partial charge in [0.05, 0.1) is 23.1 Å². The van der Waals surface area contributed by atoms with Crippen LogP contribution in [0.15, 0.2) is 29.5 Å². The maximum absolute atomic E-state index is 12.4. The number of nitrogens with one attached hydrogen (secondary N) is 1. The van der Waals surface area contributed by atoms with Crippen molar-refractivity contribution in [1.29, 1.82) is 0 Å². The van der Waals surface area contributed by atoms with Crippen LogP contribution in [0.25, 0.3) is 0 Å². The second-order valence-electron chi connectivity index (χ2n) is 5.13. The summed E-state index contributed by atoms with van der Waals surface area (Å²) in [6.45, 7) is 3.68. The normalized spacial score (nSPS) is 17.6. The van der Waals surface area contributed by atoms with Crippen molar-refractivity contribution < 1.29 is 14.5 Å². The van der Waals surface area contributed by atoms with Crippen LogP contribution in [0.4, 0.5) is 5.69 Å². The van der Waals surface area contributed by atoms with E-state index in [0.717, 1.165) is 0 Å². The number of hydrogen-bond acceptors (Lipinski definition) is 5. The Kier molecular flexibility index (Phi) is 5.40. The zero-order valence-corrected chi connectivity index (χ0v) is 14.9. The molecule has 1 N–H and O–H groups in total. The van der Waals surface area contributed by atoms with E-state index in [-0.39, 0.29) is 17.3 Å². The number of hydrogen-bond donors (Lipinski definition) is 1. The largest absolute Gasteiger partial charge is 0.463 e. The number of esters is 1. The summed E-state index contributed by atoms with van der Waals surface area (Å²) in [6, 6.07) is 3.73. The number of nitrogens with zero attached hydrogens (tertiary/aromatic N) is 2. The fourth-order valence-electron chi connectivity index (χ4n) is 2.41. The highest BCUT2D eigenvalue weighted by Gasteiger charge is 2.34. The van der Waals surface area contributed by atoms with Gasteiger partial charge >= 0.3 is 5.97 Å². The first-order valence-electron chi connectivity index (χ1n) is 7.13. The Morgan fingerprint density at radius 3 is 2.79 bits per heavy atom. The molecule has 0 aliphatic carbocycles. The van der Waals surface area contributed by atoms with Crippen molar-refractivity contribution >= 4 is 40.6 Å². The molecule has 0 saturated heterocycles. The van der Waals surface area contributed by atoms with E-state index < -0.39 is 16.9 Å². The smallest absolute Gasteiger partial charge is 0.338 e. The summed E-state index contributed by atoms with van der Waals surface area (Å²) in [5.41, 5.74) is 1.25. The predicted octanol–water partition coefficient (Wildman–Crippen LogP) is 2.95. The molecule has 24 heavy (non-hydrogen) atoms. The fourth-order valence-corrected chi connectivity index (χ4v) is 2.85. The van der Waals surface area contributed by atoms with Gasteiger partial charge in [-0.05, 0) is 37.7 Å². The first kappa shape index (κ1) is 18.2. The molecule has 0 saturated carbocycles. The van der Waals surface area contributed by atoms with Crippen molar-refractivity contribution in [2.45, 2.75) is 19.9 Å². The van der Waals surface area contributed by atoms with Gasteiger partial charge in [-0.2, -0.15) is 0 Å². The van der Waals surface area contributed by atoms with Gasteiger partial charge in [0, 0.05) is 18.8 Å². The van der Waals surface area contributed by atoms with Crippen LogP contribution >= 0.6 is 23.8 Å². The summed E-state index contributed by atoms with van der Waals surface area (Å²) in [7, 11) is 1.73. The molecule has 1 aliphatic rings. The van der Waals surface area contributed by atoms with Crippen LogP contribution in [-0.4, -0.2) is 34.6 Å². The van der Waals surface area contributed by atoms with E-state index in [1.165, 1.54) is 12.1 Å². The third-order valence-corrected chi connectivity index (χ3v) is 4.46. The Bertz CT molecular complexity index is 750. The standard InChI is InChI=1S/C15H16ClN3O4S/c1-4-23-14(20)12-8(2)18(3)15(24)17-13(12)9-5-6-10(16)11(7-9)19(21)22/h5-7,13H,4H2,1-3H3,(H,17,24)/t13-/m1/s1. The Labute approximate surface area is 149 Å². The summed E-state index contributed by atoms with van der Waals surface area (Å²) in [4.78, 5) is 24.6. The molecule has 1 atom stereocenters. The third kappa shape index (κ3) is 3.34. The van der Waals surface area contributed by atoms with Gasteiger partial charge in [0.2, 0.25) is 0 Å². The highest BCUT2D eigenvalue weighted by molar-refractivity contribution is 7.80. The van der Waals surface area contributed by atoms with Gasteiger partial charge in [-0.15, -0.1) is 0 Å². The van der Waals surface area contributed by atoms with Crippen LogP contribution in [0.5, 0.6) is 0 Å². The van der Waals surface area contributed by atoms with Crippen LogP contribution < -0.4 is 5.32 Å². The number of carbonyl (C=O) groups is 1. The highest BCUT2D eigenvalue weighted by Crippen LogP contribution is 2.34. The van der Waals surface area contributed by atoms with Gasteiger partial charge in [0.1, 0.15) is 5.02 Å². The van der Waals surface area contributed by atoms with Gasteiger partial charge in [-0.1, -0.05) is 17.7 Å². The zero-order valence-electron chi connectivity index (χ0n) is 13.3. The molecule has 0 spiro atoms. The maximum atomic E-state index is 12.4. The van der Waals surface area contributed by atoms with Crippen molar-refractivity contribution in [3.63, 3.8) is 0 Å². The fraction of sp³-hybridized carbons (Fsp3) is 0.333. The number of benzene rings is 1. The summed E-state index contributed by atoms with van der Waals surface area (Å²) in [6.07, 6.45) is 0. The lowest BCUT2D eigenvalue weighted by atomic mass is 9.95. The van der Waals surface area contributed by atoms with Gasteiger partial charge in [-0.25, -0.2) is 4.79 Å². The van der Waals surface area contributed by atoms with Crippen LogP contribution in [-0.2, 0) is 9.53 Å². The second-order valence-corrected chi connectivity index (χ2v) is 5.92. The predicted molar refractivity (Wildman–Crippen MR) is 93.7 cm³/mol. The number of nitro benzene ring substituents is 1. The molecule has 1 heterocycles. The molecule has 2 rings (SSSR count). The average molecular weight is 370 g/mol. The van der Waals surface area contributed by atoms with Gasteiger partial charge in [0.15, 0.2) is 5.11 Å². The van der Waals surface area contributed by atoms with Crippen molar-refractivity contribution in [3.05, 3.63) is 50.2 Å². The minimum absolute atomic E-state index is 0.0256. The summed E-state index contributed by atoms with van der Waals surface area (Å²) in [5, 5.41) is 14.6. The number of rotatable bonds is 4. The summed E-state index contributed by atoms with van der Waals surface area (Å²) in [5.74, 6) is -0.501. The van der Waals surface area contributed by atoms with Crippen molar-refractivity contribution in [1.82, 2.24) is 10.2 Å². The second kappa shape index (κ2) is 7.14. The third-order valence-electron chi connectivity index (χ3n) is 3.75. The molecule has 0 fully saturated rings. The van der Waals surface area contributed by atoms with E-state index in [1.807, 2.05) is 0 Å². The SMILES string of the molecule is CCOC(=O)C1=C(C)N(C)C(=S)N[C@@H]1c1ccc(Cl)c([N+](=O)[O-])c1. The Morgan fingerprint density at radius 1 is 1.54 bits per heavy atom. The molecule has 0 amide bonds. The van der Waals surface area contributed by atoms with Crippen LogP contribution in [0, 0.1) is 10.1 Å². The van der Waals surface area contributed by atoms with Crippen molar-refractivity contribution in [3.8, 4) is 0 Å². The number of thiocarbonyl (C=S) groups is 1. The quantitative estimate of drug-likeness (QED) is 0.378. The Hall–Kier alpha value is -2.19. The van der Waals surface area contributed by atoms with Crippen LogP contribution in [0.1, 0.15) is 25.5 Å². The maximum Gasteiger partial charge on any atom is 0.338 e. The van der Waals surface area contributed by atoms with E-state index >= 15 is 0 Å². The molecular formula is C15H16ClN3O4S. The van der Waals surface area contributed by atoms with E-state index in [2.05, 4.69) is 5.32 Å². The molecule has 7 nitrogen and oxygen atoms in total. The van der Waals surface area contributed by atoms with E-state index in [4.69, 9.17) is 28.6 Å². The van der Waals surface area contributed by atoms with Crippen LogP contribution in [0.3, 0.4) is 0 Å². The van der Waals surface area contributed by atoms with Gasteiger partial charge in [-0.3, -0.25) is 10.1 Å². The topological polar surface area (TPSA) is 84.7 Å². The average Bonchev–Trinajstić information content (AvgIpc) is 2.52. The number of allylic oxidation sites excluding steroid dienone is 1. The van der Waals surface area contributed by atoms with Gasteiger partial charge < -0.3 is 15.0 Å². The van der Waals surface area contributed by atoms with Crippen molar-refractivity contribution in [2.24, 2.45) is 0 Å². The zero-order chi connectivity index (χ0) is 18.0. The molecule has 128 valence electrons. The molecule has 1 aliphatic heterocycles. The first-order valence-corrected chi connectivity index (χ1v) is 7.92. The number of nitro groups is 1. The lowest BCUT2D eigenvalue weighted by Crippen LogP contribution is -2.46. The molecule has 0 bridgehead atoms. The Morgan fingerprint density at radius 2 is 2.21 bits per heavy atom. The number of halogens is 1. The highest BCUT2D eigenvalue weighted by atomic mass is 35.5. The first-order chi connectivity index (χ1) is 11.3. The molecule has 0 aromatic heterocycles. The van der Waals surface area contributed by atoms with E-state index in [9.17, 15) is 14.9 Å². The Balaban J connectivity index is 2.57.